The Bertz CT molecular complexity index is 643. The van der Waals surface area contributed by atoms with Gasteiger partial charge >= 0.3 is 0 Å². The molecule has 0 heterocycles. The second-order valence-corrected chi connectivity index (χ2v) is 4.09. The molecule has 1 aromatic carbocycles. The van der Waals surface area contributed by atoms with Crippen LogP contribution in [0, 0.1) is 20.2 Å². The number of Topliss-reactive ketones (excluding diaryl/α,β-unsaturated/α-hetero) is 2. The molecule has 1 rings (SSSR count). The average molecular weight is 294 g/mol. The van der Waals surface area contributed by atoms with E-state index in [1.54, 1.807) is 0 Å². The van der Waals surface area contributed by atoms with E-state index in [2.05, 4.69) is 0 Å². The molecule has 1 aromatic rings. The molecular formula is C12H10N2O7. The van der Waals surface area contributed by atoms with Gasteiger partial charge in [0, 0.05) is 17.7 Å². The summed E-state index contributed by atoms with van der Waals surface area (Å²) in [7, 11) is 0. The number of rotatable bonds is 5. The first kappa shape index (κ1) is 16.0. The van der Waals surface area contributed by atoms with Crippen molar-refractivity contribution in [2.75, 3.05) is 0 Å². The van der Waals surface area contributed by atoms with Crippen molar-refractivity contribution in [1.82, 2.24) is 0 Å². The van der Waals surface area contributed by atoms with Crippen LogP contribution in [0.15, 0.2) is 23.8 Å². The molecule has 0 bridgehead atoms. The molecule has 9 heteroatoms. The van der Waals surface area contributed by atoms with Crippen molar-refractivity contribution < 1.29 is 24.5 Å². The first-order valence-corrected chi connectivity index (χ1v) is 5.54. The maximum atomic E-state index is 11.3. The maximum absolute atomic E-state index is 11.3. The monoisotopic (exact) mass is 294 g/mol. The fourth-order valence-corrected chi connectivity index (χ4v) is 1.67. The summed E-state index contributed by atoms with van der Waals surface area (Å²) in [5.41, 5.74) is -2.21. The number of carbonyl (C=O) groups excluding carboxylic acids is 2. The lowest BCUT2D eigenvalue weighted by Gasteiger charge is -2.05. The van der Waals surface area contributed by atoms with Gasteiger partial charge in [-0.05, 0) is 13.8 Å². The minimum Gasteiger partial charge on any atom is -0.506 e. The first-order chi connectivity index (χ1) is 9.65. The van der Waals surface area contributed by atoms with Crippen molar-refractivity contribution in [2.45, 2.75) is 13.8 Å². The van der Waals surface area contributed by atoms with Crippen LogP contribution >= 0.6 is 0 Å². The molecule has 0 aromatic heterocycles. The Balaban J connectivity index is 3.65. The Morgan fingerprint density at radius 3 is 1.62 bits per heavy atom. The Labute approximate surface area is 117 Å². The molecule has 0 fully saturated rings. The van der Waals surface area contributed by atoms with E-state index >= 15 is 0 Å². The molecule has 0 unspecified atom stereocenters. The summed E-state index contributed by atoms with van der Waals surface area (Å²) in [6.45, 7) is 2.05. The molecule has 0 spiro atoms. The maximum Gasteiger partial charge on any atom is 0.277 e. The number of hydrogen-bond acceptors (Lipinski definition) is 7. The number of benzene rings is 1. The summed E-state index contributed by atoms with van der Waals surface area (Å²) in [4.78, 5) is 42.4. The SMILES string of the molecule is CC(=O)C(C(C)=O)=C(O)c1cc([N+](=O)[O-])cc([N+](=O)[O-])c1. The minimum atomic E-state index is -0.884. The lowest BCUT2D eigenvalue weighted by molar-refractivity contribution is -0.394. The van der Waals surface area contributed by atoms with Crippen LogP contribution < -0.4 is 0 Å². The van der Waals surface area contributed by atoms with E-state index in [1.165, 1.54) is 0 Å². The Kier molecular flexibility index (Phi) is 4.49. The number of nitro benzene ring substituents is 2. The van der Waals surface area contributed by atoms with Gasteiger partial charge in [0.2, 0.25) is 0 Å². The zero-order chi connectivity index (χ0) is 16.3. The van der Waals surface area contributed by atoms with Gasteiger partial charge < -0.3 is 5.11 Å². The van der Waals surface area contributed by atoms with Gasteiger partial charge in [-0.25, -0.2) is 0 Å². The molecule has 1 N–H and O–H groups in total. The van der Waals surface area contributed by atoms with E-state index in [0.717, 1.165) is 26.0 Å². The zero-order valence-corrected chi connectivity index (χ0v) is 11.0. The van der Waals surface area contributed by atoms with Gasteiger partial charge in [-0.3, -0.25) is 29.8 Å². The fraction of sp³-hybridized carbons (Fsp3) is 0.167. The summed E-state index contributed by atoms with van der Waals surface area (Å²) in [6, 6.07) is 2.39. The molecule has 110 valence electrons. The predicted molar refractivity (Wildman–Crippen MR) is 70.7 cm³/mol. The van der Waals surface area contributed by atoms with Crippen molar-refractivity contribution in [2.24, 2.45) is 0 Å². The van der Waals surface area contributed by atoms with Gasteiger partial charge in [-0.1, -0.05) is 0 Å². The topological polar surface area (TPSA) is 141 Å². The van der Waals surface area contributed by atoms with Gasteiger partial charge in [0.1, 0.15) is 11.3 Å². The van der Waals surface area contributed by atoms with E-state index in [-0.39, 0.29) is 5.56 Å². The minimum absolute atomic E-state index is 0.351. The van der Waals surface area contributed by atoms with Crippen molar-refractivity contribution in [1.29, 1.82) is 0 Å². The molecule has 0 saturated heterocycles. The quantitative estimate of drug-likeness (QED) is 0.218. The number of aliphatic hydroxyl groups is 1. The molecule has 0 aliphatic carbocycles. The van der Waals surface area contributed by atoms with E-state index in [4.69, 9.17) is 0 Å². The van der Waals surface area contributed by atoms with Crippen LogP contribution in [-0.2, 0) is 9.59 Å². The first-order valence-electron chi connectivity index (χ1n) is 5.54. The second-order valence-electron chi connectivity index (χ2n) is 4.09. The molecule has 9 nitrogen and oxygen atoms in total. The smallest absolute Gasteiger partial charge is 0.277 e. The highest BCUT2D eigenvalue weighted by atomic mass is 16.6. The third-order valence-electron chi connectivity index (χ3n) is 2.54. The summed E-state index contributed by atoms with van der Waals surface area (Å²) in [5, 5.41) is 31.4. The number of carbonyl (C=O) groups is 2. The van der Waals surface area contributed by atoms with Crippen LogP contribution in [0.4, 0.5) is 11.4 Å². The Hall–Kier alpha value is -3.10. The molecule has 0 atom stereocenters. The highest BCUT2D eigenvalue weighted by Gasteiger charge is 2.22. The van der Waals surface area contributed by atoms with Gasteiger partial charge in [-0.15, -0.1) is 0 Å². The number of allylic oxidation sites excluding steroid dienone is 1. The average Bonchev–Trinajstić information content (AvgIpc) is 2.36. The number of aliphatic hydroxyl groups excluding tert-OH is 1. The summed E-state index contributed by atoms with van der Waals surface area (Å²) >= 11 is 0. The number of nitrogens with zero attached hydrogens (tertiary/aromatic N) is 2. The fourth-order valence-electron chi connectivity index (χ4n) is 1.67. The molecule has 0 aliphatic rings. The molecule has 0 saturated carbocycles. The second kappa shape index (κ2) is 5.90. The zero-order valence-electron chi connectivity index (χ0n) is 11.0. The van der Waals surface area contributed by atoms with E-state index in [0.29, 0.717) is 6.07 Å². The highest BCUT2D eigenvalue weighted by Crippen LogP contribution is 2.27. The summed E-state index contributed by atoms with van der Waals surface area (Å²) < 4.78 is 0. The molecule has 0 amide bonds. The van der Waals surface area contributed by atoms with E-state index in [9.17, 15) is 34.9 Å². The standard InChI is InChI=1S/C12H10N2O7/c1-6(15)11(7(2)16)12(17)8-3-9(13(18)19)5-10(4-8)14(20)21/h3-5,17H,1-2H3. The molecular weight excluding hydrogens is 284 g/mol. The van der Waals surface area contributed by atoms with Crippen LogP contribution in [0.5, 0.6) is 0 Å². The third kappa shape index (κ3) is 3.47. The lowest BCUT2D eigenvalue weighted by atomic mass is 10.0. The number of nitro groups is 2. The number of hydrogen-bond donors (Lipinski definition) is 1. The highest BCUT2D eigenvalue weighted by molar-refractivity contribution is 6.22. The van der Waals surface area contributed by atoms with Crippen LogP contribution in [0.1, 0.15) is 19.4 Å². The van der Waals surface area contributed by atoms with Crippen molar-refractivity contribution in [3.05, 3.63) is 49.6 Å². The normalized spacial score (nSPS) is 9.81. The van der Waals surface area contributed by atoms with Gasteiger partial charge in [0.05, 0.1) is 15.9 Å². The Morgan fingerprint density at radius 2 is 1.33 bits per heavy atom. The Morgan fingerprint density at radius 1 is 0.952 bits per heavy atom. The third-order valence-corrected chi connectivity index (χ3v) is 2.54. The molecule has 0 radical (unpaired) electrons. The lowest BCUT2D eigenvalue weighted by Crippen LogP contribution is -2.10. The van der Waals surface area contributed by atoms with Crippen LogP contribution in [0.25, 0.3) is 5.76 Å². The van der Waals surface area contributed by atoms with Crippen molar-refractivity contribution in [3.63, 3.8) is 0 Å². The summed E-state index contributed by atoms with van der Waals surface area (Å²) in [6.07, 6.45) is 0. The van der Waals surface area contributed by atoms with E-state index < -0.39 is 44.1 Å². The van der Waals surface area contributed by atoms with Gasteiger partial charge in [-0.2, -0.15) is 0 Å². The van der Waals surface area contributed by atoms with Crippen LogP contribution in [0.3, 0.4) is 0 Å². The molecule has 21 heavy (non-hydrogen) atoms. The number of ketones is 2. The largest absolute Gasteiger partial charge is 0.506 e. The van der Waals surface area contributed by atoms with Gasteiger partial charge in [0.15, 0.2) is 11.6 Å². The number of non-ortho nitro benzene ring substituents is 2. The van der Waals surface area contributed by atoms with Crippen molar-refractivity contribution >= 4 is 28.7 Å². The molecule has 0 aliphatic heterocycles. The predicted octanol–water partition coefficient (Wildman–Crippen LogP) is 1.95. The van der Waals surface area contributed by atoms with Crippen LogP contribution in [-0.4, -0.2) is 26.5 Å². The summed E-state index contributed by atoms with van der Waals surface area (Å²) in [5.74, 6) is -2.34. The van der Waals surface area contributed by atoms with Crippen molar-refractivity contribution in [3.8, 4) is 0 Å². The van der Waals surface area contributed by atoms with Gasteiger partial charge in [0.25, 0.3) is 11.4 Å². The van der Waals surface area contributed by atoms with E-state index in [1.807, 2.05) is 0 Å². The van der Waals surface area contributed by atoms with Crippen LogP contribution in [0.2, 0.25) is 0 Å².